The summed E-state index contributed by atoms with van der Waals surface area (Å²) >= 11 is 6.14. The van der Waals surface area contributed by atoms with Crippen LogP contribution in [0.5, 0.6) is 5.75 Å². The molecule has 2 aromatic rings. The number of benzene rings is 2. The van der Waals surface area contributed by atoms with Crippen LogP contribution in [0.1, 0.15) is 27.1 Å². The number of hydrogen-bond donors (Lipinski definition) is 1. The van der Waals surface area contributed by atoms with E-state index in [4.69, 9.17) is 16.3 Å². The first-order chi connectivity index (χ1) is 14.5. The topological polar surface area (TPSA) is 79.0 Å². The number of rotatable bonds is 5. The Balaban J connectivity index is 1.51. The lowest BCUT2D eigenvalue weighted by atomic mass is 10.2. The van der Waals surface area contributed by atoms with Gasteiger partial charge in [0.2, 0.25) is 5.91 Å². The van der Waals surface area contributed by atoms with Gasteiger partial charge in [0.1, 0.15) is 5.75 Å². The van der Waals surface area contributed by atoms with Gasteiger partial charge in [-0.25, -0.2) is 0 Å². The second-order valence-corrected chi connectivity index (χ2v) is 7.41. The first-order valence-corrected chi connectivity index (χ1v) is 10.1. The summed E-state index contributed by atoms with van der Waals surface area (Å²) in [5.41, 5.74) is 0.868. The molecule has 3 amide bonds. The van der Waals surface area contributed by atoms with Crippen molar-refractivity contribution in [3.8, 4) is 5.75 Å². The van der Waals surface area contributed by atoms with Crippen LogP contribution in [0.15, 0.2) is 48.5 Å². The number of imide groups is 1. The summed E-state index contributed by atoms with van der Waals surface area (Å²) in [6.45, 7) is 2.38. The van der Waals surface area contributed by atoms with Crippen LogP contribution in [0.25, 0.3) is 0 Å². The molecule has 1 fully saturated rings. The molecule has 30 heavy (non-hydrogen) atoms. The van der Waals surface area contributed by atoms with Gasteiger partial charge < -0.3 is 9.64 Å². The van der Waals surface area contributed by atoms with Gasteiger partial charge in [-0.1, -0.05) is 23.7 Å². The molecular formula is C22H24ClN3O4. The van der Waals surface area contributed by atoms with Crippen LogP contribution in [0.4, 0.5) is 0 Å². The Kier molecular flexibility index (Phi) is 7.43. The fraction of sp³-hybridized carbons (Fsp3) is 0.318. The minimum absolute atomic E-state index is 0.0933. The Morgan fingerprint density at radius 2 is 1.73 bits per heavy atom. The number of nitrogens with one attached hydrogen (secondary N) is 1. The lowest BCUT2D eigenvalue weighted by Crippen LogP contribution is -2.42. The first-order valence-electron chi connectivity index (χ1n) is 9.72. The van der Waals surface area contributed by atoms with Crippen molar-refractivity contribution in [2.45, 2.75) is 6.42 Å². The van der Waals surface area contributed by atoms with E-state index in [0.29, 0.717) is 48.1 Å². The second-order valence-electron chi connectivity index (χ2n) is 7.01. The van der Waals surface area contributed by atoms with Crippen molar-refractivity contribution in [2.75, 3.05) is 39.8 Å². The number of nitrogens with zero attached hydrogens (tertiary/aromatic N) is 2. The molecule has 0 aliphatic carbocycles. The van der Waals surface area contributed by atoms with E-state index in [-0.39, 0.29) is 18.4 Å². The van der Waals surface area contributed by atoms with Crippen molar-refractivity contribution in [1.82, 2.24) is 15.1 Å². The van der Waals surface area contributed by atoms with Crippen LogP contribution >= 0.6 is 11.6 Å². The number of carbonyl (C=O) groups is 3. The zero-order valence-electron chi connectivity index (χ0n) is 16.8. The van der Waals surface area contributed by atoms with Gasteiger partial charge in [0, 0.05) is 31.7 Å². The molecule has 7 nitrogen and oxygen atoms in total. The monoisotopic (exact) mass is 429 g/mol. The van der Waals surface area contributed by atoms with Crippen molar-refractivity contribution in [3.05, 3.63) is 64.7 Å². The normalized spacial score (nSPS) is 14.7. The Labute approximate surface area is 180 Å². The first kappa shape index (κ1) is 21.8. The van der Waals surface area contributed by atoms with E-state index in [1.165, 1.54) is 0 Å². The smallest absolute Gasteiger partial charge is 0.257 e. The molecule has 1 N–H and O–H groups in total. The van der Waals surface area contributed by atoms with E-state index in [9.17, 15) is 14.4 Å². The van der Waals surface area contributed by atoms with Gasteiger partial charge in [0.15, 0.2) is 0 Å². The Hall–Kier alpha value is -2.90. The van der Waals surface area contributed by atoms with E-state index < -0.39 is 5.91 Å². The molecule has 0 aromatic heterocycles. The number of methoxy groups -OCH3 is 1. The Morgan fingerprint density at radius 3 is 2.43 bits per heavy atom. The van der Waals surface area contributed by atoms with E-state index in [0.717, 1.165) is 6.42 Å². The van der Waals surface area contributed by atoms with Crippen molar-refractivity contribution < 1.29 is 19.1 Å². The average Bonchev–Trinajstić information content (AvgIpc) is 2.99. The molecule has 2 aromatic carbocycles. The summed E-state index contributed by atoms with van der Waals surface area (Å²) in [5.74, 6) is -0.297. The highest BCUT2D eigenvalue weighted by Crippen LogP contribution is 2.18. The maximum Gasteiger partial charge on any atom is 0.257 e. The molecule has 3 rings (SSSR count). The zero-order valence-corrected chi connectivity index (χ0v) is 17.5. The second kappa shape index (κ2) is 10.2. The number of amides is 3. The molecule has 1 saturated heterocycles. The number of hydrogen-bond acceptors (Lipinski definition) is 5. The SMILES string of the molecule is COc1ccc(C(=O)NC(=O)CN2CCCN(C(=O)c3ccccc3Cl)CC2)cc1. The van der Waals surface area contributed by atoms with Gasteiger partial charge in [-0.3, -0.25) is 24.6 Å². The third-order valence-electron chi connectivity index (χ3n) is 4.95. The third kappa shape index (κ3) is 5.58. The van der Waals surface area contributed by atoms with Crippen LogP contribution in [-0.4, -0.2) is 67.4 Å². The summed E-state index contributed by atoms with van der Waals surface area (Å²) < 4.78 is 5.06. The molecule has 0 atom stereocenters. The van der Waals surface area contributed by atoms with Crippen molar-refractivity contribution in [3.63, 3.8) is 0 Å². The third-order valence-corrected chi connectivity index (χ3v) is 5.28. The van der Waals surface area contributed by atoms with Gasteiger partial charge in [0.05, 0.1) is 24.2 Å². The van der Waals surface area contributed by atoms with Crippen LogP contribution in [0.2, 0.25) is 5.02 Å². The number of ether oxygens (including phenoxy) is 1. The highest BCUT2D eigenvalue weighted by atomic mass is 35.5. The molecule has 158 valence electrons. The van der Waals surface area contributed by atoms with Crippen molar-refractivity contribution in [2.24, 2.45) is 0 Å². The lowest BCUT2D eigenvalue weighted by Gasteiger charge is -2.22. The molecule has 0 bridgehead atoms. The van der Waals surface area contributed by atoms with Gasteiger partial charge in [-0.2, -0.15) is 0 Å². The van der Waals surface area contributed by atoms with Gasteiger partial charge in [0.25, 0.3) is 11.8 Å². The predicted octanol–water partition coefficient (Wildman–Crippen LogP) is 2.45. The summed E-state index contributed by atoms with van der Waals surface area (Å²) in [5, 5.41) is 2.84. The summed E-state index contributed by atoms with van der Waals surface area (Å²) in [7, 11) is 1.54. The average molecular weight is 430 g/mol. The van der Waals surface area contributed by atoms with E-state index in [1.54, 1.807) is 60.5 Å². The van der Waals surface area contributed by atoms with Crippen molar-refractivity contribution >= 4 is 29.3 Å². The molecule has 0 saturated carbocycles. The maximum atomic E-state index is 12.7. The van der Waals surface area contributed by atoms with E-state index in [2.05, 4.69) is 5.32 Å². The van der Waals surface area contributed by atoms with E-state index >= 15 is 0 Å². The molecule has 1 aliphatic rings. The highest BCUT2D eigenvalue weighted by molar-refractivity contribution is 6.33. The van der Waals surface area contributed by atoms with Gasteiger partial charge in [-0.15, -0.1) is 0 Å². The molecule has 1 aliphatic heterocycles. The van der Waals surface area contributed by atoms with Crippen LogP contribution < -0.4 is 10.1 Å². The fourth-order valence-electron chi connectivity index (χ4n) is 3.32. The van der Waals surface area contributed by atoms with Crippen LogP contribution in [-0.2, 0) is 4.79 Å². The van der Waals surface area contributed by atoms with Gasteiger partial charge >= 0.3 is 0 Å². The van der Waals surface area contributed by atoms with Crippen LogP contribution in [0, 0.1) is 0 Å². The molecule has 0 unspecified atom stereocenters. The minimum atomic E-state index is -0.451. The quantitative estimate of drug-likeness (QED) is 0.789. The molecule has 0 spiro atoms. The largest absolute Gasteiger partial charge is 0.497 e. The molecule has 0 radical (unpaired) electrons. The standard InChI is InChI=1S/C22H24ClN3O4/c1-30-17-9-7-16(8-10-17)21(28)24-20(27)15-25-11-4-12-26(14-13-25)22(29)18-5-2-3-6-19(18)23/h2-3,5-10H,4,11-15H2,1H3,(H,24,27,28). The van der Waals surface area contributed by atoms with E-state index in [1.807, 2.05) is 4.90 Å². The van der Waals surface area contributed by atoms with Crippen molar-refractivity contribution in [1.29, 1.82) is 0 Å². The highest BCUT2D eigenvalue weighted by Gasteiger charge is 2.23. The Morgan fingerprint density at radius 1 is 1.00 bits per heavy atom. The molecule has 8 heteroatoms. The summed E-state index contributed by atoms with van der Waals surface area (Å²) in [4.78, 5) is 41.0. The maximum absolute atomic E-state index is 12.7. The number of carbonyl (C=O) groups excluding carboxylic acids is 3. The molecule has 1 heterocycles. The van der Waals surface area contributed by atoms with Crippen LogP contribution in [0.3, 0.4) is 0 Å². The summed E-state index contributed by atoms with van der Waals surface area (Å²) in [6, 6.07) is 13.5. The molecular weight excluding hydrogens is 406 g/mol. The fourth-order valence-corrected chi connectivity index (χ4v) is 3.54. The summed E-state index contributed by atoms with van der Waals surface area (Å²) in [6.07, 6.45) is 0.732. The zero-order chi connectivity index (χ0) is 21.5. The number of halogens is 1. The van der Waals surface area contributed by atoms with Gasteiger partial charge in [-0.05, 0) is 42.8 Å². The lowest BCUT2D eigenvalue weighted by molar-refractivity contribution is -0.121. The Bertz CT molecular complexity index is 917. The minimum Gasteiger partial charge on any atom is -0.497 e. The predicted molar refractivity (Wildman–Crippen MR) is 114 cm³/mol.